The van der Waals surface area contributed by atoms with Crippen LogP contribution < -0.4 is 4.74 Å². The maximum Gasteiger partial charge on any atom is 0.298 e. The van der Waals surface area contributed by atoms with Crippen molar-refractivity contribution >= 4 is 11.8 Å². The summed E-state index contributed by atoms with van der Waals surface area (Å²) in [4.78, 5) is 27.7. The number of rotatable bonds is 3. The largest absolute Gasteiger partial charge is 0.481 e. The van der Waals surface area contributed by atoms with Crippen molar-refractivity contribution < 1.29 is 14.3 Å². The molecule has 1 aromatic carbocycles. The molecular formula is C19H24N2O3. The zero-order chi connectivity index (χ0) is 17.7. The lowest BCUT2D eigenvalue weighted by atomic mass is 10.1. The number of piperazine rings is 1. The average molecular weight is 328 g/mol. The Morgan fingerprint density at radius 2 is 1.75 bits per heavy atom. The van der Waals surface area contributed by atoms with Gasteiger partial charge in [0.25, 0.3) is 11.8 Å². The molecule has 0 aliphatic carbocycles. The zero-order valence-electron chi connectivity index (χ0n) is 14.8. The first-order valence-corrected chi connectivity index (χ1v) is 8.16. The van der Waals surface area contributed by atoms with Crippen molar-refractivity contribution in [1.29, 1.82) is 0 Å². The maximum absolute atomic E-state index is 12.6. The van der Waals surface area contributed by atoms with Gasteiger partial charge < -0.3 is 14.5 Å². The van der Waals surface area contributed by atoms with E-state index in [2.05, 4.69) is 11.8 Å². The van der Waals surface area contributed by atoms with Gasteiger partial charge in [-0.15, -0.1) is 0 Å². The molecule has 1 aliphatic heterocycles. The van der Waals surface area contributed by atoms with E-state index in [1.807, 2.05) is 32.0 Å². The Hall–Kier alpha value is -2.48. The van der Waals surface area contributed by atoms with Gasteiger partial charge >= 0.3 is 0 Å². The van der Waals surface area contributed by atoms with Gasteiger partial charge in [0, 0.05) is 26.2 Å². The first-order chi connectivity index (χ1) is 11.4. The van der Waals surface area contributed by atoms with Gasteiger partial charge in [0.15, 0.2) is 6.10 Å². The summed E-state index contributed by atoms with van der Waals surface area (Å²) in [6.07, 6.45) is -0.553. The molecule has 0 unspecified atom stereocenters. The fourth-order valence-corrected chi connectivity index (χ4v) is 2.65. The number of carbonyl (C=O) groups excluding carboxylic acids is 2. The smallest absolute Gasteiger partial charge is 0.298 e. The molecule has 0 N–H and O–H groups in total. The summed E-state index contributed by atoms with van der Waals surface area (Å²) in [6.45, 7) is 9.41. The minimum absolute atomic E-state index is 0.0513. The van der Waals surface area contributed by atoms with Gasteiger partial charge in [-0.25, -0.2) is 0 Å². The quantitative estimate of drug-likeness (QED) is 0.795. The third-order valence-electron chi connectivity index (χ3n) is 4.11. The van der Waals surface area contributed by atoms with Crippen molar-refractivity contribution in [3.8, 4) is 17.6 Å². The Balaban J connectivity index is 1.93. The molecule has 2 amide bonds. The van der Waals surface area contributed by atoms with E-state index in [9.17, 15) is 9.59 Å². The summed E-state index contributed by atoms with van der Waals surface area (Å²) in [6, 6.07) is 5.95. The van der Waals surface area contributed by atoms with Gasteiger partial charge in [0.2, 0.25) is 0 Å². The van der Waals surface area contributed by atoms with E-state index >= 15 is 0 Å². The highest BCUT2D eigenvalue weighted by Gasteiger charge is 2.27. The van der Waals surface area contributed by atoms with Crippen LogP contribution in [0.5, 0.6) is 5.75 Å². The topological polar surface area (TPSA) is 49.9 Å². The lowest BCUT2D eigenvalue weighted by Crippen LogP contribution is -2.53. The summed E-state index contributed by atoms with van der Waals surface area (Å²) >= 11 is 0. The van der Waals surface area contributed by atoms with Crippen molar-refractivity contribution in [3.05, 3.63) is 29.3 Å². The number of benzene rings is 1. The summed E-state index contributed by atoms with van der Waals surface area (Å²) in [5.74, 6) is 5.66. The van der Waals surface area contributed by atoms with E-state index < -0.39 is 6.10 Å². The van der Waals surface area contributed by atoms with Crippen LogP contribution in [0, 0.1) is 25.7 Å². The van der Waals surface area contributed by atoms with Gasteiger partial charge in [-0.1, -0.05) is 18.1 Å². The van der Waals surface area contributed by atoms with Crippen molar-refractivity contribution in [2.75, 3.05) is 26.2 Å². The lowest BCUT2D eigenvalue weighted by molar-refractivity contribution is -0.142. The molecule has 1 aromatic rings. The van der Waals surface area contributed by atoms with E-state index in [0.29, 0.717) is 26.2 Å². The maximum atomic E-state index is 12.6. The molecule has 2 rings (SSSR count). The Morgan fingerprint density at radius 3 is 2.38 bits per heavy atom. The molecule has 1 atom stereocenters. The molecule has 1 saturated heterocycles. The number of hydrogen-bond donors (Lipinski definition) is 0. The SMILES string of the molecule is CC#CC(=O)N1CCN(C(=O)[C@@H](C)Oc2cc(C)ccc2C)CC1. The van der Waals surface area contributed by atoms with Gasteiger partial charge in [0.05, 0.1) is 0 Å². The Bertz CT molecular complexity index is 680. The first kappa shape index (κ1) is 17.9. The van der Waals surface area contributed by atoms with Crippen molar-refractivity contribution in [2.24, 2.45) is 0 Å². The molecule has 0 saturated carbocycles. The van der Waals surface area contributed by atoms with Crippen LogP contribution in [0.15, 0.2) is 18.2 Å². The molecule has 5 nitrogen and oxygen atoms in total. The molecule has 128 valence electrons. The summed E-state index contributed by atoms with van der Waals surface area (Å²) in [5.41, 5.74) is 2.10. The number of amides is 2. The Kier molecular flexibility index (Phi) is 5.86. The molecule has 5 heteroatoms. The van der Waals surface area contributed by atoms with E-state index in [1.165, 1.54) is 0 Å². The van der Waals surface area contributed by atoms with Crippen molar-refractivity contribution in [3.63, 3.8) is 0 Å². The normalized spacial score (nSPS) is 15.3. The van der Waals surface area contributed by atoms with Crippen LogP contribution in [0.1, 0.15) is 25.0 Å². The molecule has 0 radical (unpaired) electrons. The Morgan fingerprint density at radius 1 is 1.12 bits per heavy atom. The van der Waals surface area contributed by atoms with E-state index in [1.54, 1.807) is 23.6 Å². The number of nitrogens with zero attached hydrogens (tertiary/aromatic N) is 2. The third-order valence-corrected chi connectivity index (χ3v) is 4.11. The minimum Gasteiger partial charge on any atom is -0.481 e. The van der Waals surface area contributed by atoms with Crippen LogP contribution in [0.3, 0.4) is 0 Å². The van der Waals surface area contributed by atoms with Crippen molar-refractivity contribution in [2.45, 2.75) is 33.8 Å². The zero-order valence-corrected chi connectivity index (χ0v) is 14.8. The number of aryl methyl sites for hydroxylation is 2. The molecule has 24 heavy (non-hydrogen) atoms. The number of hydrogen-bond acceptors (Lipinski definition) is 3. The van der Waals surface area contributed by atoms with Gasteiger partial charge in [-0.05, 0) is 50.8 Å². The Labute approximate surface area is 143 Å². The fraction of sp³-hybridized carbons (Fsp3) is 0.474. The van der Waals surface area contributed by atoms with Crippen LogP contribution in [0.4, 0.5) is 0 Å². The second-order valence-electron chi connectivity index (χ2n) is 6.02. The van der Waals surface area contributed by atoms with E-state index in [4.69, 9.17) is 4.74 Å². The molecule has 0 spiro atoms. The summed E-state index contributed by atoms with van der Waals surface area (Å²) in [5, 5.41) is 0. The third kappa shape index (κ3) is 4.29. The molecule has 0 bridgehead atoms. The molecule has 0 aromatic heterocycles. The van der Waals surface area contributed by atoms with Gasteiger partial charge in [0.1, 0.15) is 5.75 Å². The molecule has 1 aliphatic rings. The monoisotopic (exact) mass is 328 g/mol. The highest BCUT2D eigenvalue weighted by molar-refractivity contribution is 5.93. The molecular weight excluding hydrogens is 304 g/mol. The number of carbonyl (C=O) groups is 2. The van der Waals surface area contributed by atoms with Gasteiger partial charge in [-0.2, -0.15) is 0 Å². The van der Waals surface area contributed by atoms with Gasteiger partial charge in [-0.3, -0.25) is 9.59 Å². The van der Waals surface area contributed by atoms with Crippen LogP contribution in [0.2, 0.25) is 0 Å². The van der Waals surface area contributed by atoms with Crippen LogP contribution >= 0.6 is 0 Å². The van der Waals surface area contributed by atoms with E-state index in [-0.39, 0.29) is 11.8 Å². The van der Waals surface area contributed by atoms with Crippen LogP contribution in [0.25, 0.3) is 0 Å². The summed E-state index contributed by atoms with van der Waals surface area (Å²) < 4.78 is 5.86. The molecule has 1 heterocycles. The highest BCUT2D eigenvalue weighted by Crippen LogP contribution is 2.21. The van der Waals surface area contributed by atoms with Crippen molar-refractivity contribution in [1.82, 2.24) is 9.80 Å². The first-order valence-electron chi connectivity index (χ1n) is 8.16. The second-order valence-corrected chi connectivity index (χ2v) is 6.02. The number of ether oxygens (including phenoxy) is 1. The lowest BCUT2D eigenvalue weighted by Gasteiger charge is -2.35. The van der Waals surface area contributed by atoms with Crippen LogP contribution in [-0.4, -0.2) is 53.9 Å². The van der Waals surface area contributed by atoms with E-state index in [0.717, 1.165) is 16.9 Å². The second kappa shape index (κ2) is 7.87. The standard InChI is InChI=1S/C19H24N2O3/c1-5-6-18(22)20-9-11-21(12-10-20)19(23)16(4)24-17-13-14(2)7-8-15(17)3/h7-8,13,16H,9-12H2,1-4H3/t16-/m1/s1. The minimum atomic E-state index is -0.553. The highest BCUT2D eigenvalue weighted by atomic mass is 16.5. The predicted molar refractivity (Wildman–Crippen MR) is 92.6 cm³/mol. The summed E-state index contributed by atoms with van der Waals surface area (Å²) in [7, 11) is 0. The fourth-order valence-electron chi connectivity index (χ4n) is 2.65. The molecule has 1 fully saturated rings. The average Bonchev–Trinajstić information content (AvgIpc) is 2.57. The predicted octanol–water partition coefficient (Wildman–Crippen LogP) is 1.76. The van der Waals surface area contributed by atoms with Crippen LogP contribution in [-0.2, 0) is 9.59 Å².